The molecule has 1 aromatic heterocycles. The van der Waals surface area contributed by atoms with Crippen LogP contribution in [0.15, 0.2) is 24.5 Å². The molecule has 0 saturated heterocycles. The average molecular weight is 433 g/mol. The highest BCUT2D eigenvalue weighted by Crippen LogP contribution is 2.60. The van der Waals surface area contributed by atoms with Gasteiger partial charge in [-0.25, -0.2) is 9.97 Å². The first kappa shape index (κ1) is 19.2. The first-order chi connectivity index (χ1) is 15.7. The molecule has 3 heterocycles. The zero-order valence-electron chi connectivity index (χ0n) is 18.7. The molecule has 4 aliphatic carbocycles. The first-order valence-corrected chi connectivity index (χ1v) is 12.4. The van der Waals surface area contributed by atoms with Crippen LogP contribution in [0.25, 0.3) is 0 Å². The number of nitrogens with one attached hydrogen (secondary N) is 1. The van der Waals surface area contributed by atoms with Crippen molar-refractivity contribution in [2.75, 3.05) is 25.2 Å². The van der Waals surface area contributed by atoms with Gasteiger partial charge >= 0.3 is 0 Å². The molecular formula is C26H32N4O2. The van der Waals surface area contributed by atoms with Gasteiger partial charge in [-0.2, -0.15) is 0 Å². The Morgan fingerprint density at radius 2 is 1.78 bits per heavy atom. The zero-order chi connectivity index (χ0) is 21.1. The molecule has 4 bridgehead atoms. The minimum Gasteiger partial charge on any atom is -0.454 e. The van der Waals surface area contributed by atoms with Gasteiger partial charge in [0, 0.05) is 31.7 Å². The van der Waals surface area contributed by atoms with Gasteiger partial charge in [0.2, 0.25) is 6.79 Å². The smallest absolute Gasteiger partial charge is 0.231 e. The van der Waals surface area contributed by atoms with E-state index in [1.54, 1.807) is 6.33 Å². The summed E-state index contributed by atoms with van der Waals surface area (Å²) in [6.07, 6.45) is 11.6. The lowest BCUT2D eigenvalue weighted by atomic mass is 9.49. The Morgan fingerprint density at radius 3 is 2.59 bits per heavy atom. The van der Waals surface area contributed by atoms with Crippen LogP contribution in [0.5, 0.6) is 11.5 Å². The fourth-order valence-corrected chi connectivity index (χ4v) is 7.77. The number of nitrogens with zero attached hydrogens (tertiary/aromatic N) is 3. The van der Waals surface area contributed by atoms with Crippen LogP contribution in [0.4, 0.5) is 5.82 Å². The molecule has 0 spiro atoms. The van der Waals surface area contributed by atoms with E-state index >= 15 is 0 Å². The summed E-state index contributed by atoms with van der Waals surface area (Å²) in [5.41, 5.74) is 4.29. The highest BCUT2D eigenvalue weighted by Gasteiger charge is 2.50. The molecule has 32 heavy (non-hydrogen) atoms. The maximum Gasteiger partial charge on any atom is 0.231 e. The van der Waals surface area contributed by atoms with Crippen LogP contribution in [0.3, 0.4) is 0 Å². The van der Waals surface area contributed by atoms with Gasteiger partial charge in [-0.3, -0.25) is 4.90 Å². The van der Waals surface area contributed by atoms with E-state index in [0.29, 0.717) is 12.2 Å². The Morgan fingerprint density at radius 1 is 1.00 bits per heavy atom. The maximum absolute atomic E-state index is 5.54. The topological polar surface area (TPSA) is 59.5 Å². The fraction of sp³-hybridized carbons (Fsp3) is 0.615. The standard InChI is InChI=1S/C26H32N4O2/c1-2-23-24(32-16-31-23)8-17(1)12-30-4-3-21-22(13-30)28-15-29-25(21)27-14-26-9-18-5-19(10-26)7-20(6-18)11-26/h1-2,8,15,18-20H,3-7,9-14,16H2,(H,27,28,29). The monoisotopic (exact) mass is 432 g/mol. The van der Waals surface area contributed by atoms with Gasteiger partial charge in [-0.15, -0.1) is 0 Å². The second kappa shape index (κ2) is 7.34. The summed E-state index contributed by atoms with van der Waals surface area (Å²) >= 11 is 0. The molecule has 1 N–H and O–H groups in total. The van der Waals surface area contributed by atoms with Crippen LogP contribution < -0.4 is 14.8 Å². The SMILES string of the molecule is c1nc2c(c(NCC34CC5CC(CC(C5)C3)C4)n1)CCN(Cc1ccc3c(c1)OCO3)C2. The molecule has 6 heteroatoms. The van der Waals surface area contributed by atoms with Crippen molar-refractivity contribution >= 4 is 5.82 Å². The van der Waals surface area contributed by atoms with Crippen molar-refractivity contribution in [3.8, 4) is 11.5 Å². The molecule has 0 radical (unpaired) electrons. The summed E-state index contributed by atoms with van der Waals surface area (Å²) in [5.74, 6) is 5.78. The molecule has 6 nitrogen and oxygen atoms in total. The summed E-state index contributed by atoms with van der Waals surface area (Å²) in [7, 11) is 0. The fourth-order valence-electron chi connectivity index (χ4n) is 7.77. The summed E-state index contributed by atoms with van der Waals surface area (Å²) in [6.45, 7) is 4.22. The number of ether oxygens (including phenoxy) is 2. The van der Waals surface area contributed by atoms with Gasteiger partial charge in [0.1, 0.15) is 12.1 Å². The Balaban J connectivity index is 1.04. The molecule has 2 aromatic rings. The number of hydrogen-bond acceptors (Lipinski definition) is 6. The van der Waals surface area contributed by atoms with Crippen LogP contribution in [0, 0.1) is 23.2 Å². The molecule has 4 fully saturated rings. The molecule has 0 amide bonds. The van der Waals surface area contributed by atoms with E-state index in [1.165, 1.54) is 55.3 Å². The van der Waals surface area contributed by atoms with E-state index in [0.717, 1.165) is 67.7 Å². The van der Waals surface area contributed by atoms with E-state index in [1.807, 2.05) is 6.07 Å². The van der Waals surface area contributed by atoms with Crippen molar-refractivity contribution in [3.63, 3.8) is 0 Å². The molecule has 6 aliphatic rings. The number of benzene rings is 1. The van der Waals surface area contributed by atoms with E-state index in [-0.39, 0.29) is 0 Å². The number of aromatic nitrogens is 2. The predicted molar refractivity (Wildman–Crippen MR) is 122 cm³/mol. The highest BCUT2D eigenvalue weighted by atomic mass is 16.7. The van der Waals surface area contributed by atoms with Gasteiger partial charge in [0.25, 0.3) is 0 Å². The van der Waals surface area contributed by atoms with Crippen molar-refractivity contribution in [1.82, 2.24) is 14.9 Å². The van der Waals surface area contributed by atoms with Crippen LogP contribution in [0.2, 0.25) is 0 Å². The lowest BCUT2D eigenvalue weighted by Crippen LogP contribution is -2.49. The second-order valence-electron chi connectivity index (χ2n) is 11.1. The maximum atomic E-state index is 5.54. The second-order valence-corrected chi connectivity index (χ2v) is 11.1. The Hall–Kier alpha value is -2.34. The third-order valence-corrected chi connectivity index (χ3v) is 8.73. The Bertz CT molecular complexity index is 1000. The van der Waals surface area contributed by atoms with Gasteiger partial charge in [-0.1, -0.05) is 6.07 Å². The molecular weight excluding hydrogens is 400 g/mol. The quantitative estimate of drug-likeness (QED) is 0.756. The molecule has 1 aromatic carbocycles. The van der Waals surface area contributed by atoms with Crippen molar-refractivity contribution in [3.05, 3.63) is 41.3 Å². The van der Waals surface area contributed by atoms with E-state index in [9.17, 15) is 0 Å². The third kappa shape index (κ3) is 3.35. The number of anilines is 1. The summed E-state index contributed by atoms with van der Waals surface area (Å²) in [6, 6.07) is 6.27. The molecule has 4 saturated carbocycles. The van der Waals surface area contributed by atoms with Crippen LogP contribution in [0.1, 0.15) is 55.3 Å². The molecule has 168 valence electrons. The zero-order valence-corrected chi connectivity index (χ0v) is 18.7. The van der Waals surface area contributed by atoms with Crippen molar-refractivity contribution < 1.29 is 9.47 Å². The number of fused-ring (bicyclic) bond motifs is 2. The minimum atomic E-state index is 0.325. The molecule has 2 aliphatic heterocycles. The van der Waals surface area contributed by atoms with E-state index in [2.05, 4.69) is 32.3 Å². The van der Waals surface area contributed by atoms with Crippen molar-refractivity contribution in [1.29, 1.82) is 0 Å². The van der Waals surface area contributed by atoms with Crippen molar-refractivity contribution in [2.45, 2.75) is 58.0 Å². The summed E-state index contributed by atoms with van der Waals surface area (Å²) < 4.78 is 11.0. The first-order valence-electron chi connectivity index (χ1n) is 12.4. The predicted octanol–water partition coefficient (Wildman–Crippen LogP) is 4.39. The molecule has 0 atom stereocenters. The normalized spacial score (nSPS) is 32.2. The largest absolute Gasteiger partial charge is 0.454 e. The average Bonchev–Trinajstić information content (AvgIpc) is 3.24. The summed E-state index contributed by atoms with van der Waals surface area (Å²) in [4.78, 5) is 11.8. The summed E-state index contributed by atoms with van der Waals surface area (Å²) in [5, 5.41) is 3.82. The van der Waals surface area contributed by atoms with Crippen LogP contribution in [-0.2, 0) is 19.5 Å². The highest BCUT2D eigenvalue weighted by molar-refractivity contribution is 5.48. The minimum absolute atomic E-state index is 0.325. The van der Waals surface area contributed by atoms with Gasteiger partial charge in [0.15, 0.2) is 11.5 Å². The number of rotatable bonds is 5. The number of hydrogen-bond donors (Lipinski definition) is 1. The Labute approximate surface area is 189 Å². The van der Waals surface area contributed by atoms with E-state index in [4.69, 9.17) is 9.47 Å². The third-order valence-electron chi connectivity index (χ3n) is 8.73. The van der Waals surface area contributed by atoms with Crippen LogP contribution >= 0.6 is 0 Å². The van der Waals surface area contributed by atoms with Crippen molar-refractivity contribution in [2.24, 2.45) is 23.2 Å². The van der Waals surface area contributed by atoms with Gasteiger partial charge in [0.05, 0.1) is 5.69 Å². The van der Waals surface area contributed by atoms with Crippen LogP contribution in [-0.4, -0.2) is 34.8 Å². The lowest BCUT2D eigenvalue weighted by Gasteiger charge is -2.57. The van der Waals surface area contributed by atoms with Gasteiger partial charge in [-0.05, 0) is 85.8 Å². The Kier molecular flexibility index (Phi) is 4.39. The van der Waals surface area contributed by atoms with Gasteiger partial charge < -0.3 is 14.8 Å². The molecule has 8 rings (SSSR count). The lowest BCUT2D eigenvalue weighted by molar-refractivity contribution is -0.0444. The molecule has 0 unspecified atom stereocenters. The van der Waals surface area contributed by atoms with E-state index < -0.39 is 0 Å².